The minimum atomic E-state index is 0.230. The van der Waals surface area contributed by atoms with Gasteiger partial charge >= 0.3 is 0 Å². The lowest BCUT2D eigenvalue weighted by atomic mass is 10.1. The second kappa shape index (κ2) is 4.42. The number of rotatable bonds is 1. The van der Waals surface area contributed by atoms with E-state index >= 15 is 0 Å². The van der Waals surface area contributed by atoms with E-state index in [2.05, 4.69) is 5.16 Å². The quantitative estimate of drug-likeness (QED) is 0.859. The molecule has 1 aromatic carbocycles. The molecule has 3 rings (SSSR count). The maximum absolute atomic E-state index is 6.20. The Hall–Kier alpha value is -1.88. The van der Waals surface area contributed by atoms with Crippen LogP contribution in [0.15, 0.2) is 22.7 Å². The number of hydrogen-bond acceptors (Lipinski definition) is 5. The first kappa shape index (κ1) is 11.2. The van der Waals surface area contributed by atoms with Crippen LogP contribution in [-0.2, 0) is 0 Å². The van der Waals surface area contributed by atoms with E-state index in [9.17, 15) is 0 Å². The van der Waals surface area contributed by atoms with E-state index in [4.69, 9.17) is 31.3 Å². The van der Waals surface area contributed by atoms with Gasteiger partial charge in [0.1, 0.15) is 5.69 Å². The Labute approximate surface area is 108 Å². The summed E-state index contributed by atoms with van der Waals surface area (Å²) in [6.07, 6.45) is 0.826. The maximum Gasteiger partial charge on any atom is 0.222 e. The van der Waals surface area contributed by atoms with E-state index in [1.165, 1.54) is 0 Å². The molecule has 0 aliphatic carbocycles. The summed E-state index contributed by atoms with van der Waals surface area (Å²) in [5.74, 6) is 1.48. The number of aromatic nitrogens is 1. The summed E-state index contributed by atoms with van der Waals surface area (Å²) < 4.78 is 16.2. The predicted molar refractivity (Wildman–Crippen MR) is 67.0 cm³/mol. The lowest BCUT2D eigenvalue weighted by Crippen LogP contribution is -1.98. The molecular formula is C12H11ClN2O3. The Morgan fingerprint density at radius 3 is 2.83 bits per heavy atom. The number of halogens is 1. The lowest BCUT2D eigenvalue weighted by molar-refractivity contribution is 0.297. The fourth-order valence-electron chi connectivity index (χ4n) is 1.86. The van der Waals surface area contributed by atoms with Gasteiger partial charge in [-0.1, -0.05) is 16.8 Å². The van der Waals surface area contributed by atoms with Crippen molar-refractivity contribution in [3.05, 3.63) is 23.2 Å². The number of fused-ring (bicyclic) bond motifs is 1. The molecule has 2 heterocycles. The molecule has 94 valence electrons. The smallest absolute Gasteiger partial charge is 0.222 e. The highest BCUT2D eigenvalue weighted by atomic mass is 35.5. The average Bonchev–Trinajstić information content (AvgIpc) is 2.63. The van der Waals surface area contributed by atoms with Crippen molar-refractivity contribution in [1.29, 1.82) is 0 Å². The van der Waals surface area contributed by atoms with Crippen LogP contribution in [0, 0.1) is 0 Å². The van der Waals surface area contributed by atoms with Crippen molar-refractivity contribution in [2.45, 2.75) is 6.42 Å². The Morgan fingerprint density at radius 1 is 1.22 bits per heavy atom. The van der Waals surface area contributed by atoms with Crippen molar-refractivity contribution in [3.8, 4) is 22.8 Å². The van der Waals surface area contributed by atoms with E-state index in [-0.39, 0.29) is 5.88 Å². The summed E-state index contributed by atoms with van der Waals surface area (Å²) in [4.78, 5) is 0. The normalized spacial score (nSPS) is 14.3. The highest BCUT2D eigenvalue weighted by Crippen LogP contribution is 2.43. The molecule has 6 heteroatoms. The lowest BCUT2D eigenvalue weighted by Gasteiger charge is -2.12. The van der Waals surface area contributed by atoms with Gasteiger partial charge in [0.2, 0.25) is 5.88 Å². The number of benzene rings is 1. The number of nitrogen functional groups attached to an aromatic ring is 1. The molecule has 0 radical (unpaired) electrons. The average molecular weight is 267 g/mol. The van der Waals surface area contributed by atoms with Crippen LogP contribution in [0.2, 0.25) is 5.02 Å². The summed E-state index contributed by atoms with van der Waals surface area (Å²) in [7, 11) is 0. The van der Waals surface area contributed by atoms with Gasteiger partial charge in [-0.15, -0.1) is 0 Å². The van der Waals surface area contributed by atoms with Gasteiger partial charge in [-0.3, -0.25) is 0 Å². The van der Waals surface area contributed by atoms with Crippen LogP contribution in [0.25, 0.3) is 11.3 Å². The van der Waals surface area contributed by atoms with Gasteiger partial charge in [0.25, 0.3) is 0 Å². The fourth-order valence-corrected chi connectivity index (χ4v) is 2.10. The van der Waals surface area contributed by atoms with Crippen LogP contribution in [0.4, 0.5) is 5.88 Å². The molecule has 0 saturated carbocycles. The summed E-state index contributed by atoms with van der Waals surface area (Å²) >= 11 is 6.20. The second-order valence-electron chi connectivity index (χ2n) is 3.91. The monoisotopic (exact) mass is 266 g/mol. The number of hydrogen-bond donors (Lipinski definition) is 1. The Morgan fingerprint density at radius 2 is 2.06 bits per heavy atom. The summed E-state index contributed by atoms with van der Waals surface area (Å²) in [5.41, 5.74) is 6.72. The molecule has 0 atom stereocenters. The SMILES string of the molecule is Nc1cc(-c2c(Cl)ccc3c2OCCCO3)no1. The van der Waals surface area contributed by atoms with Crippen molar-refractivity contribution >= 4 is 17.5 Å². The van der Waals surface area contributed by atoms with Gasteiger partial charge in [-0.25, -0.2) is 0 Å². The van der Waals surface area contributed by atoms with Crippen LogP contribution in [0.1, 0.15) is 6.42 Å². The topological polar surface area (TPSA) is 70.5 Å². The van der Waals surface area contributed by atoms with Gasteiger partial charge in [-0.05, 0) is 12.1 Å². The Kier molecular flexibility index (Phi) is 2.76. The molecule has 1 aliphatic rings. The first-order chi connectivity index (χ1) is 8.75. The molecule has 0 saturated heterocycles. The predicted octanol–water partition coefficient (Wildman–Crippen LogP) is 2.74. The van der Waals surface area contributed by atoms with E-state index in [0.717, 1.165) is 6.42 Å². The summed E-state index contributed by atoms with van der Waals surface area (Å²) in [5, 5.41) is 4.39. The highest BCUT2D eigenvalue weighted by Gasteiger charge is 2.21. The van der Waals surface area contributed by atoms with Crippen LogP contribution < -0.4 is 15.2 Å². The van der Waals surface area contributed by atoms with Crippen molar-refractivity contribution in [2.75, 3.05) is 18.9 Å². The number of ether oxygens (including phenoxy) is 2. The number of nitrogens with zero attached hydrogens (tertiary/aromatic N) is 1. The molecule has 1 aliphatic heterocycles. The molecular weight excluding hydrogens is 256 g/mol. The minimum Gasteiger partial charge on any atom is -0.490 e. The zero-order chi connectivity index (χ0) is 12.5. The van der Waals surface area contributed by atoms with Gasteiger partial charge in [0.05, 0.1) is 23.8 Å². The third-order valence-electron chi connectivity index (χ3n) is 2.65. The summed E-state index contributed by atoms with van der Waals surface area (Å²) in [6.45, 7) is 1.20. The van der Waals surface area contributed by atoms with Crippen molar-refractivity contribution in [3.63, 3.8) is 0 Å². The molecule has 0 spiro atoms. The number of nitrogens with two attached hydrogens (primary N) is 1. The first-order valence-electron chi connectivity index (χ1n) is 5.56. The van der Waals surface area contributed by atoms with Crippen molar-refractivity contribution in [2.24, 2.45) is 0 Å². The first-order valence-corrected chi connectivity index (χ1v) is 5.94. The molecule has 2 N–H and O–H groups in total. The zero-order valence-corrected chi connectivity index (χ0v) is 10.2. The van der Waals surface area contributed by atoms with Crippen LogP contribution >= 0.6 is 11.6 Å². The van der Waals surface area contributed by atoms with Crippen LogP contribution in [0.3, 0.4) is 0 Å². The van der Waals surface area contributed by atoms with Crippen LogP contribution in [0.5, 0.6) is 11.5 Å². The fraction of sp³-hybridized carbons (Fsp3) is 0.250. The number of anilines is 1. The molecule has 18 heavy (non-hydrogen) atoms. The molecule has 5 nitrogen and oxygen atoms in total. The van der Waals surface area contributed by atoms with E-state index in [1.807, 2.05) is 0 Å². The largest absolute Gasteiger partial charge is 0.490 e. The highest BCUT2D eigenvalue weighted by molar-refractivity contribution is 6.33. The van der Waals surface area contributed by atoms with E-state index in [1.54, 1.807) is 18.2 Å². The zero-order valence-electron chi connectivity index (χ0n) is 9.48. The minimum absolute atomic E-state index is 0.230. The third kappa shape index (κ3) is 1.86. The molecule has 2 aromatic rings. The maximum atomic E-state index is 6.20. The molecule has 0 amide bonds. The van der Waals surface area contributed by atoms with Gasteiger partial charge in [0.15, 0.2) is 11.5 Å². The molecule has 0 unspecified atom stereocenters. The standard InChI is InChI=1S/C12H11ClN2O3/c13-7-2-3-9-12(17-5-1-4-16-9)11(7)8-6-10(14)18-15-8/h2-3,6H,1,4-5,14H2. The molecule has 0 bridgehead atoms. The van der Waals surface area contributed by atoms with E-state index in [0.29, 0.717) is 41.0 Å². The van der Waals surface area contributed by atoms with Gasteiger partial charge in [0, 0.05) is 12.5 Å². The van der Waals surface area contributed by atoms with E-state index < -0.39 is 0 Å². The van der Waals surface area contributed by atoms with Crippen LogP contribution in [-0.4, -0.2) is 18.4 Å². The Balaban J connectivity index is 2.18. The molecule has 1 aromatic heterocycles. The second-order valence-corrected chi connectivity index (χ2v) is 4.32. The third-order valence-corrected chi connectivity index (χ3v) is 2.96. The van der Waals surface area contributed by atoms with Crippen molar-refractivity contribution < 1.29 is 14.0 Å². The van der Waals surface area contributed by atoms with Gasteiger partial charge < -0.3 is 19.7 Å². The molecule has 0 fully saturated rings. The summed E-state index contributed by atoms with van der Waals surface area (Å²) in [6, 6.07) is 5.14. The van der Waals surface area contributed by atoms with Gasteiger partial charge in [-0.2, -0.15) is 0 Å². The van der Waals surface area contributed by atoms with Crippen molar-refractivity contribution in [1.82, 2.24) is 5.16 Å². The Bertz CT molecular complexity index is 583.